The molecule has 12 heteroatoms. The zero-order valence-corrected chi connectivity index (χ0v) is 22.9. The summed E-state index contributed by atoms with van der Waals surface area (Å²) in [5.41, 5.74) is 0.581. The van der Waals surface area contributed by atoms with Crippen molar-refractivity contribution in [2.24, 2.45) is 17.8 Å². The number of likely N-dealkylation sites (tertiary alicyclic amines) is 1. The number of nitrogens with one attached hydrogen (secondary N) is 3. The molecule has 0 spiro atoms. The van der Waals surface area contributed by atoms with Gasteiger partial charge in [0.25, 0.3) is 5.91 Å². The van der Waals surface area contributed by atoms with Gasteiger partial charge < -0.3 is 20.9 Å². The number of halogens is 1. The van der Waals surface area contributed by atoms with E-state index in [1.54, 1.807) is 30.3 Å². The zero-order chi connectivity index (χ0) is 28.3. The SMILES string of the molecule is CC(=O)N[C@H](C(=O)N1C[C@@H]2CCC[C@@H]2[C@H]1C(=O)N[C@H](/C=C(\F)S(C)(=O)=O)C[C@H]1CCNC1=O)c1ccccc1. The van der Waals surface area contributed by atoms with Crippen LogP contribution in [0.1, 0.15) is 50.6 Å². The smallest absolute Gasteiger partial charge is 0.250 e. The molecular formula is C27H35FN4O6S. The van der Waals surface area contributed by atoms with Gasteiger partial charge in [0.1, 0.15) is 12.1 Å². The van der Waals surface area contributed by atoms with Gasteiger partial charge in [-0.15, -0.1) is 0 Å². The zero-order valence-electron chi connectivity index (χ0n) is 22.1. The summed E-state index contributed by atoms with van der Waals surface area (Å²) in [5.74, 6) is -2.13. The van der Waals surface area contributed by atoms with E-state index in [2.05, 4.69) is 16.0 Å². The van der Waals surface area contributed by atoms with Crippen LogP contribution in [0.25, 0.3) is 0 Å². The van der Waals surface area contributed by atoms with E-state index < -0.39 is 56.8 Å². The number of sulfone groups is 1. The highest BCUT2D eigenvalue weighted by Gasteiger charge is 2.51. The van der Waals surface area contributed by atoms with Crippen molar-refractivity contribution < 1.29 is 32.0 Å². The van der Waals surface area contributed by atoms with E-state index >= 15 is 0 Å². The van der Waals surface area contributed by atoms with E-state index in [0.717, 1.165) is 31.6 Å². The number of carbonyl (C=O) groups is 4. The molecular weight excluding hydrogens is 527 g/mol. The van der Waals surface area contributed by atoms with Crippen LogP contribution in [0.3, 0.4) is 0 Å². The second kappa shape index (κ2) is 11.8. The molecule has 2 saturated heterocycles. The van der Waals surface area contributed by atoms with Gasteiger partial charge in [-0.1, -0.05) is 36.8 Å². The van der Waals surface area contributed by atoms with Gasteiger partial charge in [0.15, 0.2) is 0 Å². The third-order valence-electron chi connectivity index (χ3n) is 7.88. The van der Waals surface area contributed by atoms with Crippen molar-refractivity contribution in [3.8, 4) is 0 Å². The minimum absolute atomic E-state index is 0.0216. The fourth-order valence-corrected chi connectivity index (χ4v) is 6.48. The van der Waals surface area contributed by atoms with E-state index in [1.165, 1.54) is 11.8 Å². The Hall–Kier alpha value is -3.28. The topological polar surface area (TPSA) is 142 Å². The molecule has 3 fully saturated rings. The van der Waals surface area contributed by atoms with Crippen LogP contribution in [0.15, 0.2) is 41.6 Å². The first-order chi connectivity index (χ1) is 18.5. The molecule has 10 nitrogen and oxygen atoms in total. The molecule has 1 aromatic rings. The van der Waals surface area contributed by atoms with Crippen molar-refractivity contribution in [3.05, 3.63) is 47.1 Å². The Bertz CT molecular complexity index is 1250. The predicted octanol–water partition coefficient (Wildman–Crippen LogP) is 1.36. The highest BCUT2D eigenvalue weighted by Crippen LogP contribution is 2.43. The first-order valence-electron chi connectivity index (χ1n) is 13.2. The van der Waals surface area contributed by atoms with Gasteiger partial charge >= 0.3 is 0 Å². The number of carbonyl (C=O) groups excluding carboxylic acids is 4. The van der Waals surface area contributed by atoms with Gasteiger partial charge in [-0.05, 0) is 49.2 Å². The number of amides is 4. The molecule has 6 atom stereocenters. The van der Waals surface area contributed by atoms with Crippen LogP contribution in [0, 0.1) is 17.8 Å². The normalized spacial score (nSPS) is 26.5. The molecule has 2 aliphatic heterocycles. The molecule has 0 radical (unpaired) electrons. The Labute approximate surface area is 227 Å². The van der Waals surface area contributed by atoms with Gasteiger partial charge in [0.2, 0.25) is 32.7 Å². The predicted molar refractivity (Wildman–Crippen MR) is 141 cm³/mol. The third-order valence-corrected chi connectivity index (χ3v) is 8.73. The first-order valence-corrected chi connectivity index (χ1v) is 15.1. The van der Waals surface area contributed by atoms with Gasteiger partial charge in [-0.3, -0.25) is 19.2 Å². The largest absolute Gasteiger partial charge is 0.356 e. The monoisotopic (exact) mass is 562 g/mol. The van der Waals surface area contributed by atoms with Crippen LogP contribution in [0.4, 0.5) is 4.39 Å². The van der Waals surface area contributed by atoms with Crippen molar-refractivity contribution in [1.82, 2.24) is 20.9 Å². The van der Waals surface area contributed by atoms with Crippen LogP contribution >= 0.6 is 0 Å². The molecule has 0 unspecified atom stereocenters. The molecule has 1 saturated carbocycles. The molecule has 0 aromatic heterocycles. The number of fused-ring (bicyclic) bond motifs is 1. The standard InChI is InChI=1S/C27H35FN4O6S/c1-16(33)30-23(17-7-4-3-5-8-17)27(36)32-15-19-9-6-10-21(19)24(32)26(35)31-20(14-22(28)39(2,37)38)13-18-11-12-29-25(18)34/h3-5,7-8,14,18-21,23-24H,6,9-13,15H2,1-2H3,(H,29,34)(H,30,33)(H,31,35)/b22-14+/t18-,19+,20+,21+,23+,24+/m1/s1. The van der Waals surface area contributed by atoms with Crippen LogP contribution < -0.4 is 16.0 Å². The molecule has 39 heavy (non-hydrogen) atoms. The van der Waals surface area contributed by atoms with Gasteiger partial charge in [-0.2, -0.15) is 4.39 Å². The molecule has 2 heterocycles. The van der Waals surface area contributed by atoms with Crippen molar-refractivity contribution in [2.45, 2.75) is 57.2 Å². The van der Waals surface area contributed by atoms with Gasteiger partial charge in [0.05, 0.1) is 6.04 Å². The number of benzene rings is 1. The number of hydrogen-bond donors (Lipinski definition) is 3. The molecule has 4 rings (SSSR count). The number of nitrogens with zero attached hydrogens (tertiary/aromatic N) is 1. The number of hydrogen-bond acceptors (Lipinski definition) is 6. The molecule has 4 amide bonds. The summed E-state index contributed by atoms with van der Waals surface area (Å²) in [6.07, 6.45) is 4.54. The summed E-state index contributed by atoms with van der Waals surface area (Å²) in [6.45, 7) is 2.10. The van der Waals surface area contributed by atoms with Crippen molar-refractivity contribution >= 4 is 33.5 Å². The lowest BCUT2D eigenvalue weighted by atomic mass is 9.92. The van der Waals surface area contributed by atoms with E-state index in [9.17, 15) is 32.0 Å². The summed E-state index contributed by atoms with van der Waals surface area (Å²) >= 11 is 0. The Morgan fingerprint density at radius 1 is 1.15 bits per heavy atom. The molecule has 212 valence electrons. The second-order valence-electron chi connectivity index (χ2n) is 10.7. The lowest BCUT2D eigenvalue weighted by Crippen LogP contribution is -2.53. The van der Waals surface area contributed by atoms with Crippen molar-refractivity contribution in [2.75, 3.05) is 19.3 Å². The highest BCUT2D eigenvalue weighted by molar-refractivity contribution is 7.94. The Morgan fingerprint density at radius 3 is 2.49 bits per heavy atom. The molecule has 0 bridgehead atoms. The van der Waals surface area contributed by atoms with Crippen molar-refractivity contribution in [1.29, 1.82) is 0 Å². The Balaban J connectivity index is 1.62. The maximum atomic E-state index is 14.5. The third kappa shape index (κ3) is 6.66. The summed E-state index contributed by atoms with van der Waals surface area (Å²) in [4.78, 5) is 53.3. The van der Waals surface area contributed by atoms with Crippen LogP contribution in [-0.2, 0) is 29.0 Å². The van der Waals surface area contributed by atoms with Gasteiger partial charge in [0, 0.05) is 32.2 Å². The van der Waals surface area contributed by atoms with Gasteiger partial charge in [-0.25, -0.2) is 8.42 Å². The summed E-state index contributed by atoms with van der Waals surface area (Å²) < 4.78 is 38.1. The molecule has 1 aromatic carbocycles. The summed E-state index contributed by atoms with van der Waals surface area (Å²) in [6, 6.07) is 5.83. The first kappa shape index (κ1) is 28.7. The number of rotatable bonds is 9. The minimum Gasteiger partial charge on any atom is -0.356 e. The molecule has 1 aliphatic carbocycles. The maximum Gasteiger partial charge on any atom is 0.250 e. The maximum absolute atomic E-state index is 14.5. The molecule has 3 N–H and O–H groups in total. The van der Waals surface area contributed by atoms with Crippen LogP contribution in [0.5, 0.6) is 0 Å². The fraction of sp³-hybridized carbons (Fsp3) is 0.556. The van der Waals surface area contributed by atoms with E-state index in [1.807, 2.05) is 0 Å². The van der Waals surface area contributed by atoms with E-state index in [4.69, 9.17) is 0 Å². The average Bonchev–Trinajstić information content (AvgIpc) is 3.58. The van der Waals surface area contributed by atoms with E-state index in [-0.39, 0.29) is 24.2 Å². The minimum atomic E-state index is -4.15. The lowest BCUT2D eigenvalue weighted by Gasteiger charge is -2.32. The average molecular weight is 563 g/mol. The van der Waals surface area contributed by atoms with Crippen molar-refractivity contribution in [3.63, 3.8) is 0 Å². The summed E-state index contributed by atoms with van der Waals surface area (Å²) in [5, 5.41) is 6.75. The summed E-state index contributed by atoms with van der Waals surface area (Å²) in [7, 11) is -4.15. The van der Waals surface area contributed by atoms with E-state index in [0.29, 0.717) is 25.1 Å². The fourth-order valence-electron chi connectivity index (χ4n) is 6.07. The quantitative estimate of drug-likeness (QED) is 0.415. The second-order valence-corrected chi connectivity index (χ2v) is 12.6. The lowest BCUT2D eigenvalue weighted by molar-refractivity contribution is -0.142. The Morgan fingerprint density at radius 2 is 1.87 bits per heavy atom. The Kier molecular flexibility index (Phi) is 8.73. The highest BCUT2D eigenvalue weighted by atomic mass is 32.2. The molecule has 3 aliphatic rings. The van der Waals surface area contributed by atoms with Crippen LogP contribution in [-0.4, -0.2) is 68.4 Å². The van der Waals surface area contributed by atoms with Crippen LogP contribution in [0.2, 0.25) is 0 Å².